The molecule has 102 valence electrons. The number of aromatic nitrogens is 4. The summed E-state index contributed by atoms with van der Waals surface area (Å²) in [6.07, 6.45) is 1.49. The van der Waals surface area contributed by atoms with E-state index in [1.165, 1.54) is 6.33 Å². The first-order valence-electron chi connectivity index (χ1n) is 5.92. The predicted molar refractivity (Wildman–Crippen MR) is 80.8 cm³/mol. The van der Waals surface area contributed by atoms with Crippen molar-refractivity contribution in [1.29, 1.82) is 0 Å². The molecule has 0 fully saturated rings. The van der Waals surface area contributed by atoms with E-state index >= 15 is 0 Å². The summed E-state index contributed by atoms with van der Waals surface area (Å²) in [5.74, 6) is 0.657. The summed E-state index contributed by atoms with van der Waals surface area (Å²) in [7, 11) is 1.85. The molecule has 0 bridgehead atoms. The maximum atomic E-state index is 6.16. The Morgan fingerprint density at radius 3 is 2.80 bits per heavy atom. The van der Waals surface area contributed by atoms with Gasteiger partial charge in [-0.25, -0.2) is 9.97 Å². The lowest BCUT2D eigenvalue weighted by molar-refractivity contribution is 0.773. The van der Waals surface area contributed by atoms with Crippen LogP contribution in [0.5, 0.6) is 0 Å². The smallest absolute Gasteiger partial charge is 0.163 e. The molecule has 20 heavy (non-hydrogen) atoms. The average molecular weight is 308 g/mol. The summed E-state index contributed by atoms with van der Waals surface area (Å²) in [4.78, 5) is 8.50. The highest BCUT2D eigenvalue weighted by Gasteiger charge is 2.13. The molecule has 7 heteroatoms. The normalized spacial score (nSPS) is 11.0. The first-order chi connectivity index (χ1) is 9.56. The molecule has 0 aliphatic rings. The average Bonchev–Trinajstić information content (AvgIpc) is 2.71. The highest BCUT2D eigenvalue weighted by molar-refractivity contribution is 6.35. The second-order valence-corrected chi connectivity index (χ2v) is 5.22. The SMILES string of the molecule is Cc1nn(C)c2ncnc(Nc3cc(Cl)ccc3Cl)c12. The van der Waals surface area contributed by atoms with Crippen molar-refractivity contribution < 1.29 is 0 Å². The Labute approximate surface area is 125 Å². The second-order valence-electron chi connectivity index (χ2n) is 4.38. The molecular formula is C13H11Cl2N5. The largest absolute Gasteiger partial charge is 0.338 e. The lowest BCUT2D eigenvalue weighted by Crippen LogP contribution is -1.97. The fourth-order valence-electron chi connectivity index (χ4n) is 2.09. The van der Waals surface area contributed by atoms with E-state index in [4.69, 9.17) is 23.2 Å². The van der Waals surface area contributed by atoms with Crippen LogP contribution in [-0.4, -0.2) is 19.7 Å². The summed E-state index contributed by atoms with van der Waals surface area (Å²) < 4.78 is 1.72. The van der Waals surface area contributed by atoms with Gasteiger partial charge < -0.3 is 5.32 Å². The molecule has 1 N–H and O–H groups in total. The first kappa shape index (κ1) is 13.1. The Morgan fingerprint density at radius 2 is 2.00 bits per heavy atom. The number of halogens is 2. The third-order valence-electron chi connectivity index (χ3n) is 2.98. The van der Waals surface area contributed by atoms with Crippen molar-refractivity contribution in [2.75, 3.05) is 5.32 Å². The topological polar surface area (TPSA) is 55.6 Å². The number of benzene rings is 1. The summed E-state index contributed by atoms with van der Waals surface area (Å²) in [6.45, 7) is 1.91. The van der Waals surface area contributed by atoms with Crippen LogP contribution in [-0.2, 0) is 7.05 Å². The van der Waals surface area contributed by atoms with E-state index in [1.807, 2.05) is 14.0 Å². The molecule has 0 aliphatic carbocycles. The zero-order chi connectivity index (χ0) is 14.3. The van der Waals surface area contributed by atoms with Gasteiger partial charge in [-0.2, -0.15) is 5.10 Å². The van der Waals surface area contributed by atoms with Crippen molar-refractivity contribution in [3.8, 4) is 0 Å². The zero-order valence-electron chi connectivity index (χ0n) is 10.9. The van der Waals surface area contributed by atoms with Crippen LogP contribution in [0.2, 0.25) is 10.0 Å². The third-order valence-corrected chi connectivity index (χ3v) is 3.54. The number of nitrogens with zero attached hydrogens (tertiary/aromatic N) is 4. The Morgan fingerprint density at radius 1 is 1.20 bits per heavy atom. The summed E-state index contributed by atoms with van der Waals surface area (Å²) in [5, 5.41) is 9.58. The minimum Gasteiger partial charge on any atom is -0.338 e. The van der Waals surface area contributed by atoms with Gasteiger partial charge in [0.1, 0.15) is 12.1 Å². The van der Waals surface area contributed by atoms with E-state index < -0.39 is 0 Å². The van der Waals surface area contributed by atoms with Gasteiger partial charge in [0.2, 0.25) is 0 Å². The standard InChI is InChI=1S/C13H11Cl2N5/c1-7-11-12(16-6-17-13(11)20(2)19-7)18-10-5-8(14)3-4-9(10)15/h3-6H,1-2H3,(H,16,17,18). The molecule has 0 saturated carbocycles. The van der Waals surface area contributed by atoms with Gasteiger partial charge in [-0.3, -0.25) is 4.68 Å². The summed E-state index contributed by atoms with van der Waals surface area (Å²) in [5.41, 5.74) is 2.31. The fraction of sp³-hybridized carbons (Fsp3) is 0.154. The molecule has 3 aromatic rings. The van der Waals surface area contributed by atoms with Gasteiger partial charge >= 0.3 is 0 Å². The molecule has 5 nitrogen and oxygen atoms in total. The van der Waals surface area contributed by atoms with Crippen molar-refractivity contribution in [3.63, 3.8) is 0 Å². The van der Waals surface area contributed by atoms with Gasteiger partial charge in [0.15, 0.2) is 5.65 Å². The van der Waals surface area contributed by atoms with Crippen LogP contribution in [0.4, 0.5) is 11.5 Å². The van der Waals surface area contributed by atoms with E-state index in [0.29, 0.717) is 21.6 Å². The van der Waals surface area contributed by atoms with Gasteiger partial charge in [0, 0.05) is 12.1 Å². The van der Waals surface area contributed by atoms with Crippen molar-refractivity contribution >= 4 is 45.7 Å². The lowest BCUT2D eigenvalue weighted by atomic mass is 10.2. The van der Waals surface area contributed by atoms with Crippen LogP contribution >= 0.6 is 23.2 Å². The number of aryl methyl sites for hydroxylation is 2. The quantitative estimate of drug-likeness (QED) is 0.784. The van der Waals surface area contributed by atoms with Crippen LogP contribution in [0.1, 0.15) is 5.69 Å². The van der Waals surface area contributed by atoms with Crippen LogP contribution in [0.15, 0.2) is 24.5 Å². The van der Waals surface area contributed by atoms with Gasteiger partial charge in [0.25, 0.3) is 0 Å². The zero-order valence-corrected chi connectivity index (χ0v) is 12.4. The highest BCUT2D eigenvalue weighted by atomic mass is 35.5. The Hall–Kier alpha value is -1.85. The van der Waals surface area contributed by atoms with Crippen molar-refractivity contribution in [3.05, 3.63) is 40.3 Å². The molecule has 3 rings (SSSR count). The number of anilines is 2. The van der Waals surface area contributed by atoms with Crippen LogP contribution < -0.4 is 5.32 Å². The second kappa shape index (κ2) is 4.92. The molecule has 0 radical (unpaired) electrons. The molecule has 2 aromatic heterocycles. The van der Waals surface area contributed by atoms with Gasteiger partial charge in [0.05, 0.1) is 21.8 Å². The minimum absolute atomic E-state index is 0.572. The predicted octanol–water partition coefficient (Wildman–Crippen LogP) is 3.72. The molecular weight excluding hydrogens is 297 g/mol. The molecule has 2 heterocycles. The molecule has 1 aromatic carbocycles. The van der Waals surface area contributed by atoms with Crippen LogP contribution in [0.3, 0.4) is 0 Å². The van der Waals surface area contributed by atoms with Crippen molar-refractivity contribution in [2.45, 2.75) is 6.92 Å². The maximum Gasteiger partial charge on any atom is 0.163 e. The Bertz CT molecular complexity index is 797. The number of hydrogen-bond acceptors (Lipinski definition) is 4. The minimum atomic E-state index is 0.572. The third kappa shape index (κ3) is 2.19. The van der Waals surface area contributed by atoms with E-state index in [-0.39, 0.29) is 0 Å². The van der Waals surface area contributed by atoms with Crippen LogP contribution in [0.25, 0.3) is 11.0 Å². The Kier molecular flexibility index (Phi) is 3.23. The maximum absolute atomic E-state index is 6.16. The molecule has 0 saturated heterocycles. The van der Waals surface area contributed by atoms with Crippen molar-refractivity contribution in [2.24, 2.45) is 7.05 Å². The van der Waals surface area contributed by atoms with Crippen molar-refractivity contribution in [1.82, 2.24) is 19.7 Å². The number of fused-ring (bicyclic) bond motifs is 1. The number of nitrogens with one attached hydrogen (secondary N) is 1. The van der Waals surface area contributed by atoms with E-state index in [1.54, 1.807) is 22.9 Å². The van der Waals surface area contributed by atoms with E-state index in [2.05, 4.69) is 20.4 Å². The first-order valence-corrected chi connectivity index (χ1v) is 6.68. The molecule has 0 spiro atoms. The Balaban J connectivity index is 2.13. The summed E-state index contributed by atoms with van der Waals surface area (Å²) >= 11 is 12.1. The molecule has 0 amide bonds. The van der Waals surface area contributed by atoms with Crippen LogP contribution in [0, 0.1) is 6.92 Å². The molecule has 0 unspecified atom stereocenters. The van der Waals surface area contributed by atoms with Gasteiger partial charge in [-0.05, 0) is 25.1 Å². The number of rotatable bonds is 2. The van der Waals surface area contributed by atoms with Gasteiger partial charge in [-0.15, -0.1) is 0 Å². The van der Waals surface area contributed by atoms with Gasteiger partial charge in [-0.1, -0.05) is 23.2 Å². The lowest BCUT2D eigenvalue weighted by Gasteiger charge is -2.09. The fourth-order valence-corrected chi connectivity index (χ4v) is 2.43. The van der Waals surface area contributed by atoms with E-state index in [9.17, 15) is 0 Å². The number of hydrogen-bond donors (Lipinski definition) is 1. The molecule has 0 atom stereocenters. The highest BCUT2D eigenvalue weighted by Crippen LogP contribution is 2.31. The molecule has 0 aliphatic heterocycles. The van der Waals surface area contributed by atoms with E-state index in [0.717, 1.165) is 16.7 Å². The summed E-state index contributed by atoms with van der Waals surface area (Å²) in [6, 6.07) is 5.23. The monoisotopic (exact) mass is 307 g/mol.